The average Bonchev–Trinajstić information content (AvgIpc) is 2.78. The van der Waals surface area contributed by atoms with E-state index in [1.807, 2.05) is 36.2 Å². The number of carbonyl (C=O) groups is 2. The Labute approximate surface area is 177 Å². The summed E-state index contributed by atoms with van der Waals surface area (Å²) in [5.41, 5.74) is 1.59. The van der Waals surface area contributed by atoms with Gasteiger partial charge in [0.1, 0.15) is 17.4 Å². The predicted octanol–water partition coefficient (Wildman–Crippen LogP) is 2.53. The number of carbonyl (C=O) groups excluding carboxylic acids is 2. The van der Waals surface area contributed by atoms with Gasteiger partial charge in [-0.15, -0.1) is 0 Å². The van der Waals surface area contributed by atoms with Crippen LogP contribution in [-0.4, -0.2) is 65.9 Å². The number of hydrogen-bond acceptors (Lipinski definition) is 6. The Morgan fingerprint density at radius 2 is 1.97 bits per heavy atom. The van der Waals surface area contributed by atoms with Gasteiger partial charge in [0.25, 0.3) is 5.91 Å². The van der Waals surface area contributed by atoms with Crippen molar-refractivity contribution < 1.29 is 14.3 Å². The second kappa shape index (κ2) is 9.56. The maximum Gasteiger partial charge on any atom is 0.253 e. The van der Waals surface area contributed by atoms with Gasteiger partial charge in [-0.25, -0.2) is 9.97 Å². The fourth-order valence-electron chi connectivity index (χ4n) is 3.57. The van der Waals surface area contributed by atoms with Crippen molar-refractivity contribution in [2.24, 2.45) is 0 Å². The molecule has 1 saturated heterocycles. The van der Waals surface area contributed by atoms with E-state index in [1.165, 1.54) is 6.92 Å². The normalized spacial score (nSPS) is 14.3. The molecular weight excluding hydrogens is 382 g/mol. The highest BCUT2D eigenvalue weighted by Crippen LogP contribution is 2.29. The van der Waals surface area contributed by atoms with E-state index in [4.69, 9.17) is 9.72 Å². The van der Waals surface area contributed by atoms with Gasteiger partial charge in [0.05, 0.1) is 13.7 Å². The second-order valence-corrected chi connectivity index (χ2v) is 7.52. The number of rotatable bonds is 6. The molecule has 0 unspecified atom stereocenters. The molecule has 30 heavy (non-hydrogen) atoms. The summed E-state index contributed by atoms with van der Waals surface area (Å²) in [6.07, 6.45) is 1.66. The van der Waals surface area contributed by atoms with Gasteiger partial charge in [0.15, 0.2) is 0 Å². The molecule has 0 saturated carbocycles. The number of methoxy groups -OCH3 is 1. The minimum Gasteiger partial charge on any atom is -0.497 e. The van der Waals surface area contributed by atoms with Gasteiger partial charge in [-0.2, -0.15) is 0 Å². The number of anilines is 1. The zero-order valence-corrected chi connectivity index (χ0v) is 18.0. The van der Waals surface area contributed by atoms with Crippen molar-refractivity contribution in [3.63, 3.8) is 0 Å². The van der Waals surface area contributed by atoms with Crippen LogP contribution in [0, 0.1) is 0 Å². The largest absolute Gasteiger partial charge is 0.497 e. The first-order valence-corrected chi connectivity index (χ1v) is 10.1. The highest BCUT2D eigenvalue weighted by atomic mass is 16.5. The Morgan fingerprint density at radius 3 is 2.60 bits per heavy atom. The van der Waals surface area contributed by atoms with E-state index in [-0.39, 0.29) is 17.7 Å². The molecule has 0 radical (unpaired) electrons. The fraction of sp³-hybridized carbons (Fsp3) is 0.455. The third kappa shape index (κ3) is 5.06. The molecule has 1 aromatic carbocycles. The number of aromatic nitrogens is 2. The van der Waals surface area contributed by atoms with Crippen LogP contribution in [0.1, 0.15) is 47.6 Å². The van der Waals surface area contributed by atoms with Crippen molar-refractivity contribution in [3.8, 4) is 5.75 Å². The monoisotopic (exact) mass is 411 g/mol. The van der Waals surface area contributed by atoms with E-state index in [0.717, 1.165) is 24.4 Å². The summed E-state index contributed by atoms with van der Waals surface area (Å²) in [5.74, 6) is 2.27. The van der Waals surface area contributed by atoms with Gasteiger partial charge in [-0.3, -0.25) is 9.59 Å². The lowest BCUT2D eigenvalue weighted by Crippen LogP contribution is -2.38. The number of hydrogen-bond donors (Lipinski definition) is 1. The van der Waals surface area contributed by atoms with Crippen LogP contribution < -0.4 is 10.1 Å². The SMILES string of the molecule is CNc1cc(C2CCN(C(=O)c3cccc(OC)c3)CC2)nc(CN(C)C(C)=O)n1. The lowest BCUT2D eigenvalue weighted by molar-refractivity contribution is -0.128. The summed E-state index contributed by atoms with van der Waals surface area (Å²) >= 11 is 0. The van der Waals surface area contributed by atoms with E-state index in [0.29, 0.717) is 36.8 Å². The molecule has 1 fully saturated rings. The fourth-order valence-corrected chi connectivity index (χ4v) is 3.57. The van der Waals surface area contributed by atoms with Crippen molar-refractivity contribution in [2.45, 2.75) is 32.2 Å². The number of amides is 2. The molecule has 0 atom stereocenters. The lowest BCUT2D eigenvalue weighted by atomic mass is 9.92. The Hall–Kier alpha value is -3.16. The van der Waals surface area contributed by atoms with Crippen LogP contribution >= 0.6 is 0 Å². The first-order valence-electron chi connectivity index (χ1n) is 10.1. The lowest BCUT2D eigenvalue weighted by Gasteiger charge is -2.32. The molecule has 160 valence electrons. The Morgan fingerprint density at radius 1 is 1.23 bits per heavy atom. The minimum atomic E-state index is -0.0284. The highest BCUT2D eigenvalue weighted by molar-refractivity contribution is 5.94. The number of piperidine rings is 1. The molecule has 0 aliphatic carbocycles. The molecular formula is C22H29N5O3. The highest BCUT2D eigenvalue weighted by Gasteiger charge is 2.26. The van der Waals surface area contributed by atoms with Crippen molar-refractivity contribution in [3.05, 3.63) is 47.4 Å². The summed E-state index contributed by atoms with van der Waals surface area (Å²) in [7, 11) is 5.15. The molecule has 8 heteroatoms. The molecule has 2 heterocycles. The summed E-state index contributed by atoms with van der Waals surface area (Å²) in [6, 6.07) is 9.22. The number of ether oxygens (including phenoxy) is 1. The molecule has 0 spiro atoms. The number of likely N-dealkylation sites (tertiary alicyclic amines) is 1. The molecule has 2 amide bonds. The topological polar surface area (TPSA) is 87.7 Å². The summed E-state index contributed by atoms with van der Waals surface area (Å²) in [5, 5.41) is 3.08. The van der Waals surface area contributed by atoms with Crippen LogP contribution in [0.15, 0.2) is 30.3 Å². The van der Waals surface area contributed by atoms with E-state index in [1.54, 1.807) is 25.1 Å². The number of benzene rings is 1. The molecule has 1 N–H and O–H groups in total. The Kier molecular flexibility index (Phi) is 6.87. The Bertz CT molecular complexity index is 909. The van der Waals surface area contributed by atoms with Crippen LogP contribution in [0.4, 0.5) is 5.82 Å². The van der Waals surface area contributed by atoms with E-state index >= 15 is 0 Å². The molecule has 1 aromatic heterocycles. The molecule has 1 aliphatic heterocycles. The van der Waals surface area contributed by atoms with Crippen molar-refractivity contribution in [1.29, 1.82) is 0 Å². The number of nitrogens with zero attached hydrogens (tertiary/aromatic N) is 4. The minimum absolute atomic E-state index is 0.0229. The van der Waals surface area contributed by atoms with Crippen molar-refractivity contribution in [1.82, 2.24) is 19.8 Å². The molecule has 0 bridgehead atoms. The van der Waals surface area contributed by atoms with Gasteiger partial charge in [-0.1, -0.05) is 6.07 Å². The maximum absolute atomic E-state index is 12.8. The smallest absolute Gasteiger partial charge is 0.253 e. The van der Waals surface area contributed by atoms with E-state index < -0.39 is 0 Å². The van der Waals surface area contributed by atoms with Crippen molar-refractivity contribution in [2.75, 3.05) is 39.6 Å². The van der Waals surface area contributed by atoms with E-state index in [2.05, 4.69) is 10.3 Å². The summed E-state index contributed by atoms with van der Waals surface area (Å²) in [4.78, 5) is 37.1. The van der Waals surface area contributed by atoms with Crippen LogP contribution in [0.5, 0.6) is 5.75 Å². The van der Waals surface area contributed by atoms with Gasteiger partial charge >= 0.3 is 0 Å². The van der Waals surface area contributed by atoms with Crippen LogP contribution in [0.3, 0.4) is 0 Å². The average molecular weight is 412 g/mol. The standard InChI is InChI=1S/C22H29N5O3/c1-15(28)26(3)14-21-24-19(13-20(23-2)25-21)16-8-10-27(11-9-16)22(29)17-6-5-7-18(12-17)30-4/h5-7,12-13,16H,8-11,14H2,1-4H3,(H,23,24,25). The van der Waals surface area contributed by atoms with Crippen LogP contribution in [0.2, 0.25) is 0 Å². The van der Waals surface area contributed by atoms with E-state index in [9.17, 15) is 9.59 Å². The Balaban J connectivity index is 1.69. The second-order valence-electron chi connectivity index (χ2n) is 7.52. The first kappa shape index (κ1) is 21.5. The molecule has 3 rings (SSSR count). The van der Waals surface area contributed by atoms with Gasteiger partial charge in [0, 0.05) is 57.4 Å². The molecule has 1 aliphatic rings. The van der Waals surface area contributed by atoms with Crippen molar-refractivity contribution >= 4 is 17.6 Å². The number of nitrogens with one attached hydrogen (secondary N) is 1. The van der Waals surface area contributed by atoms with Gasteiger partial charge < -0.3 is 19.9 Å². The predicted molar refractivity (Wildman–Crippen MR) is 115 cm³/mol. The van der Waals surface area contributed by atoms with Gasteiger partial charge in [0.2, 0.25) is 5.91 Å². The summed E-state index contributed by atoms with van der Waals surface area (Å²) in [6.45, 7) is 3.23. The molecule has 8 nitrogen and oxygen atoms in total. The maximum atomic E-state index is 12.8. The summed E-state index contributed by atoms with van der Waals surface area (Å²) < 4.78 is 5.23. The van der Waals surface area contributed by atoms with Gasteiger partial charge in [-0.05, 0) is 31.0 Å². The van der Waals surface area contributed by atoms with Crippen LogP contribution in [-0.2, 0) is 11.3 Å². The third-order valence-electron chi connectivity index (χ3n) is 5.48. The third-order valence-corrected chi connectivity index (χ3v) is 5.48. The first-order chi connectivity index (χ1) is 14.4. The molecule has 2 aromatic rings. The zero-order chi connectivity index (χ0) is 21.7. The zero-order valence-electron chi connectivity index (χ0n) is 18.0. The quantitative estimate of drug-likeness (QED) is 0.786. The van der Waals surface area contributed by atoms with Crippen LogP contribution in [0.25, 0.3) is 0 Å².